The number of alkyl halides is 2. The van der Waals surface area contributed by atoms with Gasteiger partial charge in [0.15, 0.2) is 6.10 Å². The van der Waals surface area contributed by atoms with Gasteiger partial charge in [-0.3, -0.25) is 18.8 Å². The Hall–Kier alpha value is -4.53. The number of halogens is 2. The number of rotatable bonds is 12. The van der Waals surface area contributed by atoms with Crippen LogP contribution in [0, 0.1) is 5.21 Å². The zero-order valence-electron chi connectivity index (χ0n) is 22.8. The van der Waals surface area contributed by atoms with E-state index in [1.54, 1.807) is 6.07 Å². The molecule has 1 fully saturated rings. The van der Waals surface area contributed by atoms with E-state index in [0.29, 0.717) is 4.57 Å². The normalized spacial score (nSPS) is 19.4. The van der Waals surface area contributed by atoms with Crippen LogP contribution in [0.5, 0.6) is 5.88 Å². The number of likely N-dealkylation sites (N-methyl/N-ethyl adjacent to an activating group) is 1. The van der Waals surface area contributed by atoms with Crippen LogP contribution < -0.4 is 20.6 Å². The second-order valence-electron chi connectivity index (χ2n) is 9.40. The lowest BCUT2D eigenvalue weighted by Gasteiger charge is -2.21. The highest BCUT2D eigenvalue weighted by atomic mass is 32.2. The average molecular weight is 645 g/mol. The van der Waals surface area contributed by atoms with Gasteiger partial charge in [-0.25, -0.2) is 13.2 Å². The van der Waals surface area contributed by atoms with Crippen molar-refractivity contribution in [1.29, 1.82) is 0 Å². The molecule has 4 rings (SSSR count). The molecule has 1 aliphatic heterocycles. The SMILES string of the molecule is CN(CCOc1no[n+]([O-])c1S(=O)(=O)c1ccccc1)C(=O)CCC(=O)Nc1ccn([C@@H]2O[C@H](CO)[C@@H](O)C2(F)F)c(=O)n1. The Morgan fingerprint density at radius 3 is 2.59 bits per heavy atom. The quantitative estimate of drug-likeness (QED) is 0.198. The van der Waals surface area contributed by atoms with Gasteiger partial charge in [-0.15, -0.1) is 0 Å². The molecule has 44 heavy (non-hydrogen) atoms. The number of ether oxygens (including phenoxy) is 2. The van der Waals surface area contributed by atoms with Crippen molar-refractivity contribution in [3.63, 3.8) is 0 Å². The molecule has 1 aromatic carbocycles. The largest absolute Gasteiger partial charge is 0.453 e. The van der Waals surface area contributed by atoms with Crippen molar-refractivity contribution in [3.8, 4) is 5.88 Å². The van der Waals surface area contributed by atoms with Crippen LogP contribution in [0.1, 0.15) is 19.1 Å². The Balaban J connectivity index is 1.27. The van der Waals surface area contributed by atoms with Gasteiger partial charge in [-0.1, -0.05) is 18.2 Å². The number of nitrogens with zero attached hydrogens (tertiary/aromatic N) is 5. The fraction of sp³-hybridized carbons (Fsp3) is 0.417. The first-order chi connectivity index (χ1) is 20.8. The van der Waals surface area contributed by atoms with E-state index in [1.165, 1.54) is 36.2 Å². The maximum Gasteiger partial charge on any atom is 0.415 e. The van der Waals surface area contributed by atoms with Gasteiger partial charge in [0.1, 0.15) is 18.5 Å². The molecule has 2 amide bonds. The predicted octanol–water partition coefficient (Wildman–Crippen LogP) is -1.16. The highest BCUT2D eigenvalue weighted by molar-refractivity contribution is 7.91. The molecule has 3 aromatic rings. The molecule has 20 heteroatoms. The number of sulfone groups is 1. The molecule has 0 saturated carbocycles. The second-order valence-corrected chi connectivity index (χ2v) is 11.3. The smallest absolute Gasteiger partial charge is 0.415 e. The van der Waals surface area contributed by atoms with E-state index in [-0.39, 0.29) is 41.6 Å². The molecule has 1 aliphatic rings. The fourth-order valence-corrected chi connectivity index (χ4v) is 5.34. The summed E-state index contributed by atoms with van der Waals surface area (Å²) in [6, 6.07) is 8.07. The summed E-state index contributed by atoms with van der Waals surface area (Å²) in [6.45, 7) is -1.30. The number of aliphatic hydroxyl groups is 2. The summed E-state index contributed by atoms with van der Waals surface area (Å²) in [5.74, 6) is -6.07. The van der Waals surface area contributed by atoms with Crippen molar-refractivity contribution >= 4 is 27.5 Å². The predicted molar refractivity (Wildman–Crippen MR) is 139 cm³/mol. The first-order valence-electron chi connectivity index (χ1n) is 12.7. The molecule has 238 valence electrons. The number of hydrogen-bond donors (Lipinski definition) is 3. The Morgan fingerprint density at radius 2 is 1.95 bits per heavy atom. The van der Waals surface area contributed by atoms with E-state index in [9.17, 15) is 41.9 Å². The second kappa shape index (κ2) is 13.0. The van der Waals surface area contributed by atoms with Gasteiger partial charge in [0.05, 0.1) is 23.2 Å². The van der Waals surface area contributed by atoms with Crippen molar-refractivity contribution in [2.75, 3.05) is 32.1 Å². The molecule has 2 aromatic heterocycles. The fourth-order valence-electron chi connectivity index (χ4n) is 4.04. The molecule has 0 aliphatic carbocycles. The van der Waals surface area contributed by atoms with E-state index in [2.05, 4.69) is 20.1 Å². The van der Waals surface area contributed by atoms with Crippen LogP contribution in [0.25, 0.3) is 0 Å². The maximum atomic E-state index is 14.3. The third kappa shape index (κ3) is 6.67. The van der Waals surface area contributed by atoms with E-state index in [4.69, 9.17) is 14.6 Å². The van der Waals surface area contributed by atoms with Gasteiger partial charge in [-0.2, -0.15) is 13.8 Å². The number of nitrogens with one attached hydrogen (secondary N) is 1. The molecule has 0 radical (unpaired) electrons. The van der Waals surface area contributed by atoms with Crippen LogP contribution in [0.2, 0.25) is 0 Å². The van der Waals surface area contributed by atoms with Crippen molar-refractivity contribution in [3.05, 3.63) is 58.3 Å². The van der Waals surface area contributed by atoms with Crippen molar-refractivity contribution in [2.24, 2.45) is 0 Å². The summed E-state index contributed by atoms with van der Waals surface area (Å²) in [5.41, 5.74) is -1.23. The van der Waals surface area contributed by atoms with Gasteiger partial charge in [0.25, 0.3) is 9.84 Å². The number of aliphatic hydroxyl groups excluding tert-OH is 2. The third-order valence-electron chi connectivity index (χ3n) is 6.42. The standard InChI is InChI=1S/C24H26F2N6O11S/c1-30(11-12-41-20-21(32(38)43-29-20)44(39,40)14-5-3-2-4-6-14)18(35)8-7-17(34)27-16-9-10-31(23(37)28-16)22-24(25,26)19(36)15(13-33)42-22/h2-6,9-10,15,19,22,33,36H,7-8,11-13H2,1H3,(H,27,28,34,37)/t15-,19-,22-/m1/s1. The molecule has 17 nitrogen and oxygen atoms in total. The molecule has 0 spiro atoms. The zero-order valence-corrected chi connectivity index (χ0v) is 23.6. The van der Waals surface area contributed by atoms with Crippen LogP contribution in [0.4, 0.5) is 14.6 Å². The lowest BCUT2D eigenvalue weighted by molar-refractivity contribution is -0.832. The molecular formula is C24H26F2N6O11S. The Bertz CT molecular complexity index is 1670. The Labute approximate surface area is 246 Å². The van der Waals surface area contributed by atoms with E-state index < -0.39 is 69.2 Å². The first kappa shape index (κ1) is 32.4. The summed E-state index contributed by atoms with van der Waals surface area (Å²) in [6.07, 6.45) is -6.01. The minimum atomic E-state index is -4.33. The molecule has 3 heterocycles. The van der Waals surface area contributed by atoms with Gasteiger partial charge >= 0.3 is 22.5 Å². The number of amides is 2. The van der Waals surface area contributed by atoms with Gasteiger partial charge < -0.3 is 35.1 Å². The Kier molecular flexibility index (Phi) is 9.56. The number of aromatic nitrogens is 4. The molecule has 0 bridgehead atoms. The number of benzene rings is 1. The minimum Gasteiger partial charge on any atom is -0.453 e. The van der Waals surface area contributed by atoms with E-state index in [0.717, 1.165) is 12.3 Å². The lowest BCUT2D eigenvalue weighted by Crippen LogP contribution is -2.41. The number of carbonyl (C=O) groups is 2. The summed E-state index contributed by atoms with van der Waals surface area (Å²) < 4.78 is 69.2. The first-order valence-corrected chi connectivity index (χ1v) is 14.2. The number of carbonyl (C=O) groups excluding carboxylic acids is 2. The highest BCUT2D eigenvalue weighted by Gasteiger charge is 2.59. The van der Waals surface area contributed by atoms with Gasteiger partial charge in [0.2, 0.25) is 18.0 Å². The molecule has 3 atom stereocenters. The lowest BCUT2D eigenvalue weighted by atomic mass is 10.1. The van der Waals surface area contributed by atoms with Crippen molar-refractivity contribution in [1.82, 2.24) is 19.6 Å². The van der Waals surface area contributed by atoms with Crippen LogP contribution in [-0.2, 0) is 24.2 Å². The molecular weight excluding hydrogens is 618 g/mol. The number of hydrogen-bond acceptors (Lipinski definition) is 13. The van der Waals surface area contributed by atoms with Gasteiger partial charge in [-0.05, 0) is 23.1 Å². The summed E-state index contributed by atoms with van der Waals surface area (Å²) in [5, 5.41) is 35.4. The highest BCUT2D eigenvalue weighted by Crippen LogP contribution is 2.42. The minimum absolute atomic E-state index is 0.101. The molecule has 0 unspecified atom stereocenters. The maximum absolute atomic E-state index is 14.3. The van der Waals surface area contributed by atoms with E-state index >= 15 is 0 Å². The van der Waals surface area contributed by atoms with Crippen molar-refractivity contribution < 1.29 is 56.0 Å². The Morgan fingerprint density at radius 1 is 1.25 bits per heavy atom. The summed E-state index contributed by atoms with van der Waals surface area (Å²) in [7, 11) is -2.95. The van der Waals surface area contributed by atoms with Crippen LogP contribution in [-0.4, -0.2) is 95.0 Å². The molecule has 3 N–H and O–H groups in total. The van der Waals surface area contributed by atoms with Crippen LogP contribution in [0.15, 0.2) is 61.9 Å². The number of anilines is 1. The van der Waals surface area contributed by atoms with Crippen LogP contribution in [0.3, 0.4) is 0 Å². The average Bonchev–Trinajstić information content (AvgIpc) is 3.47. The monoisotopic (exact) mass is 644 g/mol. The summed E-state index contributed by atoms with van der Waals surface area (Å²) in [4.78, 5) is 41.2. The summed E-state index contributed by atoms with van der Waals surface area (Å²) >= 11 is 0. The third-order valence-corrected chi connectivity index (χ3v) is 8.15. The topological polar surface area (TPSA) is 230 Å². The van der Waals surface area contributed by atoms with E-state index in [1.807, 2.05) is 0 Å². The van der Waals surface area contributed by atoms with Crippen LogP contribution >= 0.6 is 0 Å². The zero-order chi connectivity index (χ0) is 32.2. The van der Waals surface area contributed by atoms with Gasteiger partial charge in [0, 0.05) is 26.1 Å². The van der Waals surface area contributed by atoms with Crippen molar-refractivity contribution in [2.45, 2.75) is 47.1 Å². The molecule has 1 saturated heterocycles.